The Balaban J connectivity index is 1.91. The third-order valence-electron chi connectivity index (χ3n) is 4.53. The number of amides is 1. The number of ether oxygens (including phenoxy) is 2. The lowest BCUT2D eigenvalue weighted by molar-refractivity contribution is 0.0599. The largest absolute Gasteiger partial charge is 0.465 e. The Bertz CT molecular complexity index is 1040. The smallest absolute Gasteiger partial charge is 0.337 e. The summed E-state index contributed by atoms with van der Waals surface area (Å²) in [6.07, 6.45) is 0.597. The van der Waals surface area contributed by atoms with Gasteiger partial charge >= 0.3 is 11.9 Å². The predicted molar refractivity (Wildman–Crippen MR) is 113 cm³/mol. The molecule has 1 N–H and O–H groups in total. The van der Waals surface area contributed by atoms with E-state index >= 15 is 0 Å². The van der Waals surface area contributed by atoms with Crippen molar-refractivity contribution in [2.24, 2.45) is 0 Å². The number of hydrogen-bond donors (Lipinski definition) is 1. The van der Waals surface area contributed by atoms with Gasteiger partial charge in [-0.3, -0.25) is 4.79 Å². The maximum absolute atomic E-state index is 13.0. The zero-order valence-corrected chi connectivity index (χ0v) is 16.7. The summed E-state index contributed by atoms with van der Waals surface area (Å²) in [5.41, 5.74) is 3.00. The number of nitrogens with one attached hydrogen (secondary N) is 1. The van der Waals surface area contributed by atoms with Crippen LogP contribution >= 0.6 is 0 Å². The summed E-state index contributed by atoms with van der Waals surface area (Å²) in [4.78, 5) is 36.9. The van der Waals surface area contributed by atoms with Crippen molar-refractivity contribution < 1.29 is 23.9 Å². The molecule has 0 saturated carbocycles. The van der Waals surface area contributed by atoms with Crippen LogP contribution in [-0.2, 0) is 15.9 Å². The third kappa shape index (κ3) is 4.91. The third-order valence-corrected chi connectivity index (χ3v) is 4.53. The average molecular weight is 403 g/mol. The summed E-state index contributed by atoms with van der Waals surface area (Å²) < 4.78 is 9.46. The van der Waals surface area contributed by atoms with Crippen molar-refractivity contribution in [1.29, 1.82) is 0 Å². The summed E-state index contributed by atoms with van der Waals surface area (Å²) in [5.74, 6) is -1.60. The second kappa shape index (κ2) is 9.52. The molecule has 0 spiro atoms. The first-order valence-electron chi connectivity index (χ1n) is 9.26. The molecule has 3 rings (SSSR count). The molecule has 6 heteroatoms. The van der Waals surface area contributed by atoms with Gasteiger partial charge in [0.05, 0.1) is 25.3 Å². The Labute approximate surface area is 174 Å². The van der Waals surface area contributed by atoms with E-state index in [1.165, 1.54) is 32.4 Å². The number of carbonyl (C=O) groups is 3. The molecule has 30 heavy (non-hydrogen) atoms. The number of hydrogen-bond acceptors (Lipinski definition) is 5. The summed E-state index contributed by atoms with van der Waals surface area (Å²) in [7, 11) is 2.48. The van der Waals surface area contributed by atoms with Gasteiger partial charge in [0.25, 0.3) is 5.91 Å². The van der Waals surface area contributed by atoms with Crippen LogP contribution < -0.4 is 5.32 Å². The van der Waals surface area contributed by atoms with Crippen LogP contribution in [0.2, 0.25) is 0 Å². The molecule has 0 heterocycles. The Morgan fingerprint density at radius 1 is 0.767 bits per heavy atom. The molecule has 152 valence electrons. The van der Waals surface area contributed by atoms with E-state index in [-0.39, 0.29) is 22.7 Å². The Morgan fingerprint density at radius 3 is 1.93 bits per heavy atom. The zero-order valence-electron chi connectivity index (χ0n) is 16.7. The van der Waals surface area contributed by atoms with Crippen LogP contribution in [0.5, 0.6) is 0 Å². The van der Waals surface area contributed by atoms with Crippen molar-refractivity contribution >= 4 is 23.5 Å². The predicted octanol–water partition coefficient (Wildman–Crippen LogP) is 4.10. The molecule has 3 aromatic rings. The monoisotopic (exact) mass is 403 g/mol. The van der Waals surface area contributed by atoms with Crippen LogP contribution in [0, 0.1) is 0 Å². The van der Waals surface area contributed by atoms with Gasteiger partial charge in [-0.2, -0.15) is 0 Å². The van der Waals surface area contributed by atoms with Gasteiger partial charge in [0.1, 0.15) is 0 Å². The molecule has 0 aliphatic rings. The maximum Gasteiger partial charge on any atom is 0.337 e. The van der Waals surface area contributed by atoms with Crippen molar-refractivity contribution in [3.05, 3.63) is 101 Å². The Morgan fingerprint density at radius 2 is 1.33 bits per heavy atom. The van der Waals surface area contributed by atoms with Gasteiger partial charge in [-0.15, -0.1) is 0 Å². The van der Waals surface area contributed by atoms with E-state index in [4.69, 9.17) is 9.47 Å². The molecule has 0 bridgehead atoms. The summed E-state index contributed by atoms with van der Waals surface area (Å²) >= 11 is 0. The van der Waals surface area contributed by atoms with Crippen LogP contribution in [0.25, 0.3) is 0 Å². The average Bonchev–Trinajstić information content (AvgIpc) is 2.78. The van der Waals surface area contributed by atoms with Crippen molar-refractivity contribution in [1.82, 2.24) is 0 Å². The quantitative estimate of drug-likeness (QED) is 0.627. The molecule has 0 saturated heterocycles. The number of esters is 2. The second-order valence-corrected chi connectivity index (χ2v) is 6.56. The lowest BCUT2D eigenvalue weighted by atomic mass is 9.99. The minimum Gasteiger partial charge on any atom is -0.465 e. The Hall–Kier alpha value is -3.93. The van der Waals surface area contributed by atoms with E-state index in [1.807, 2.05) is 42.5 Å². The van der Waals surface area contributed by atoms with Crippen LogP contribution in [0.3, 0.4) is 0 Å². The van der Waals surface area contributed by atoms with Gasteiger partial charge in [-0.05, 0) is 41.8 Å². The number of anilines is 1. The summed E-state index contributed by atoms with van der Waals surface area (Å²) in [6.45, 7) is 0. The number of rotatable bonds is 6. The minimum absolute atomic E-state index is 0.133. The first-order chi connectivity index (χ1) is 14.5. The topological polar surface area (TPSA) is 81.7 Å². The molecular formula is C24H21NO5. The Kier molecular flexibility index (Phi) is 6.60. The highest BCUT2D eigenvalue weighted by Crippen LogP contribution is 2.20. The minimum atomic E-state index is -0.624. The SMILES string of the molecule is COC(=O)c1cc(NC(=O)c2ccccc2Cc2ccccc2)cc(C(=O)OC)c1. The van der Waals surface area contributed by atoms with Gasteiger partial charge < -0.3 is 14.8 Å². The van der Waals surface area contributed by atoms with E-state index in [9.17, 15) is 14.4 Å². The zero-order chi connectivity index (χ0) is 21.5. The van der Waals surface area contributed by atoms with Gasteiger partial charge in [0.2, 0.25) is 0 Å². The molecule has 3 aromatic carbocycles. The summed E-state index contributed by atoms with van der Waals surface area (Å²) in [5, 5.41) is 2.77. The molecule has 0 aliphatic heterocycles. The molecule has 0 radical (unpaired) electrons. The molecule has 6 nitrogen and oxygen atoms in total. The van der Waals surface area contributed by atoms with Crippen molar-refractivity contribution in [3.63, 3.8) is 0 Å². The first-order valence-corrected chi connectivity index (χ1v) is 9.26. The van der Waals surface area contributed by atoms with E-state index in [0.717, 1.165) is 11.1 Å². The highest BCUT2D eigenvalue weighted by atomic mass is 16.5. The normalized spacial score (nSPS) is 10.2. The van der Waals surface area contributed by atoms with Crippen LogP contribution in [0.4, 0.5) is 5.69 Å². The van der Waals surface area contributed by atoms with E-state index < -0.39 is 11.9 Å². The first kappa shape index (κ1) is 20.8. The molecular weight excluding hydrogens is 382 g/mol. The van der Waals surface area contributed by atoms with E-state index in [0.29, 0.717) is 12.0 Å². The van der Waals surface area contributed by atoms with Crippen molar-refractivity contribution in [2.45, 2.75) is 6.42 Å². The standard InChI is InChI=1S/C24H21NO5/c1-29-23(27)18-13-19(24(28)30-2)15-20(14-18)25-22(26)21-11-7-6-10-17(21)12-16-8-4-3-5-9-16/h3-11,13-15H,12H2,1-2H3,(H,25,26). The van der Waals surface area contributed by atoms with Crippen LogP contribution in [0.1, 0.15) is 42.2 Å². The lowest BCUT2D eigenvalue weighted by Crippen LogP contribution is -2.16. The number of methoxy groups -OCH3 is 2. The van der Waals surface area contributed by atoms with Gasteiger partial charge in [-0.1, -0.05) is 48.5 Å². The lowest BCUT2D eigenvalue weighted by Gasteiger charge is -2.12. The molecule has 0 fully saturated rings. The molecule has 0 atom stereocenters. The number of carbonyl (C=O) groups excluding carboxylic acids is 3. The highest BCUT2D eigenvalue weighted by molar-refractivity contribution is 6.07. The van der Waals surface area contributed by atoms with Crippen molar-refractivity contribution in [2.75, 3.05) is 19.5 Å². The molecule has 1 amide bonds. The van der Waals surface area contributed by atoms with Gasteiger partial charge in [0, 0.05) is 11.3 Å². The fraction of sp³-hybridized carbons (Fsp3) is 0.125. The fourth-order valence-corrected chi connectivity index (χ4v) is 3.08. The molecule has 0 unspecified atom stereocenters. The van der Waals surface area contributed by atoms with Gasteiger partial charge in [-0.25, -0.2) is 9.59 Å². The highest BCUT2D eigenvalue weighted by Gasteiger charge is 2.17. The molecule has 0 aliphatic carbocycles. The second-order valence-electron chi connectivity index (χ2n) is 6.56. The summed E-state index contributed by atoms with van der Waals surface area (Å²) in [6, 6.07) is 21.4. The number of benzene rings is 3. The van der Waals surface area contributed by atoms with Crippen LogP contribution in [0.15, 0.2) is 72.8 Å². The van der Waals surface area contributed by atoms with Gasteiger partial charge in [0.15, 0.2) is 0 Å². The fourth-order valence-electron chi connectivity index (χ4n) is 3.08. The van der Waals surface area contributed by atoms with Crippen molar-refractivity contribution in [3.8, 4) is 0 Å². The van der Waals surface area contributed by atoms with E-state index in [1.54, 1.807) is 12.1 Å². The van der Waals surface area contributed by atoms with Crippen LogP contribution in [-0.4, -0.2) is 32.1 Å². The molecule has 0 aromatic heterocycles. The van der Waals surface area contributed by atoms with E-state index in [2.05, 4.69) is 5.32 Å². The maximum atomic E-state index is 13.0.